The lowest BCUT2D eigenvalue weighted by Crippen LogP contribution is -2.29. The number of halogens is 1. The molecule has 0 aliphatic carbocycles. The molecule has 0 fully saturated rings. The zero-order chi connectivity index (χ0) is 14.0. The Morgan fingerprint density at radius 1 is 1.63 bits per heavy atom. The number of carbonyl (C=O) groups is 1. The van der Waals surface area contributed by atoms with Crippen molar-refractivity contribution in [2.45, 2.75) is 0 Å². The summed E-state index contributed by atoms with van der Waals surface area (Å²) in [5, 5.41) is 3.35. The number of amides is 1. The Hall–Kier alpha value is -1.41. The van der Waals surface area contributed by atoms with Gasteiger partial charge in [-0.1, -0.05) is 0 Å². The normalized spacial score (nSPS) is 14.2. The highest BCUT2D eigenvalue weighted by Crippen LogP contribution is 2.25. The number of carbonyl (C=O) groups excluding carboxylic acids is 1. The van der Waals surface area contributed by atoms with Gasteiger partial charge in [-0.15, -0.1) is 0 Å². The highest BCUT2D eigenvalue weighted by Gasteiger charge is 2.11. The van der Waals surface area contributed by atoms with Crippen molar-refractivity contribution in [3.8, 4) is 0 Å². The highest BCUT2D eigenvalue weighted by molar-refractivity contribution is 9.10. The van der Waals surface area contributed by atoms with E-state index in [0.29, 0.717) is 5.58 Å². The van der Waals surface area contributed by atoms with E-state index in [9.17, 15) is 9.00 Å². The first-order chi connectivity index (χ1) is 8.87. The molecule has 0 aliphatic rings. The van der Waals surface area contributed by atoms with Crippen LogP contribution in [0.4, 0.5) is 0 Å². The minimum absolute atomic E-state index is 0.121. The predicted molar refractivity (Wildman–Crippen MR) is 75.7 cm³/mol. The summed E-state index contributed by atoms with van der Waals surface area (Å²) in [4.78, 5) is 15.8. The average molecular weight is 346 g/mol. The smallest absolute Gasteiger partial charge is 0.269 e. The van der Waals surface area contributed by atoms with Gasteiger partial charge in [0.1, 0.15) is 12.0 Å². The first-order valence-electron chi connectivity index (χ1n) is 5.39. The van der Waals surface area contributed by atoms with Crippen LogP contribution in [0.3, 0.4) is 0 Å². The molecule has 2 heterocycles. The second-order valence-electron chi connectivity index (χ2n) is 4.11. The molecule has 0 aromatic carbocycles. The number of hydrogen-bond acceptors (Lipinski definition) is 5. The molecule has 0 spiro atoms. The van der Waals surface area contributed by atoms with Crippen molar-refractivity contribution in [1.82, 2.24) is 10.3 Å². The van der Waals surface area contributed by atoms with Crippen molar-refractivity contribution in [2.24, 2.45) is 0 Å². The highest BCUT2D eigenvalue weighted by atomic mass is 79.9. The van der Waals surface area contributed by atoms with Gasteiger partial charge in [-0.05, 0) is 22.0 Å². The fourth-order valence-electron chi connectivity index (χ4n) is 1.48. The van der Waals surface area contributed by atoms with Crippen LogP contribution in [0.5, 0.6) is 0 Å². The van der Waals surface area contributed by atoms with E-state index in [4.69, 9.17) is 9.20 Å². The molecule has 6 nitrogen and oxygen atoms in total. The van der Waals surface area contributed by atoms with Gasteiger partial charge in [0.05, 0.1) is 10.7 Å². The Bertz CT molecular complexity index is 724. The zero-order valence-corrected chi connectivity index (χ0v) is 12.5. The Morgan fingerprint density at radius 3 is 3.05 bits per heavy atom. The molecule has 0 saturated carbocycles. The maximum Gasteiger partial charge on any atom is 0.269 e. The minimum Gasteiger partial charge on any atom is -0.461 e. The third-order valence-electron chi connectivity index (χ3n) is 2.42. The first-order valence-corrected chi connectivity index (χ1v) is 8.32. The summed E-state index contributed by atoms with van der Waals surface area (Å²) in [5.41, 5.74) is 0.841. The number of nitrogens with zero attached hydrogens (tertiary/aromatic N) is 1. The monoisotopic (exact) mass is 345 g/mol. The average Bonchev–Trinajstić information content (AvgIpc) is 2.69. The zero-order valence-electron chi connectivity index (χ0n) is 10.1. The molecule has 0 bridgehead atoms. The molecule has 0 radical (unpaired) electrons. The van der Waals surface area contributed by atoms with E-state index in [-0.39, 0.29) is 23.9 Å². The van der Waals surface area contributed by atoms with E-state index < -0.39 is 9.73 Å². The topological polar surface area (TPSA) is 96.1 Å². The number of pyridine rings is 1. The van der Waals surface area contributed by atoms with Gasteiger partial charge in [-0.3, -0.25) is 13.8 Å². The summed E-state index contributed by atoms with van der Waals surface area (Å²) in [6.07, 6.45) is 4.34. The van der Waals surface area contributed by atoms with Crippen LogP contribution in [-0.2, 0) is 9.73 Å². The summed E-state index contributed by atoms with van der Waals surface area (Å²) < 4.78 is 24.4. The standard InChI is InChI=1S/C11H12BrN3O3S/c1-19(13,17)3-2-14-11(16)9-4-7-8(12)6-18-10(7)5-15-9/h4-6,13H,2-3H2,1H3,(H,14,16). The van der Waals surface area contributed by atoms with E-state index >= 15 is 0 Å². The van der Waals surface area contributed by atoms with Crippen molar-refractivity contribution in [1.29, 1.82) is 4.78 Å². The van der Waals surface area contributed by atoms with Gasteiger partial charge >= 0.3 is 0 Å². The van der Waals surface area contributed by atoms with Crippen molar-refractivity contribution >= 4 is 42.5 Å². The number of hydrogen-bond donors (Lipinski definition) is 2. The van der Waals surface area contributed by atoms with Crippen LogP contribution in [0.2, 0.25) is 0 Å². The third kappa shape index (κ3) is 3.54. The van der Waals surface area contributed by atoms with Crippen LogP contribution in [-0.4, -0.2) is 33.7 Å². The second-order valence-corrected chi connectivity index (χ2v) is 7.39. The lowest BCUT2D eigenvalue weighted by Gasteiger charge is -2.04. The van der Waals surface area contributed by atoms with E-state index in [1.807, 2.05) is 0 Å². The molecule has 8 heteroatoms. The molecule has 102 valence electrons. The predicted octanol–water partition coefficient (Wildman–Crippen LogP) is 2.00. The molecule has 19 heavy (non-hydrogen) atoms. The summed E-state index contributed by atoms with van der Waals surface area (Å²) in [5.74, 6) is -0.241. The van der Waals surface area contributed by atoms with Crippen LogP contribution < -0.4 is 5.32 Å². The summed E-state index contributed by atoms with van der Waals surface area (Å²) in [6, 6.07) is 1.61. The van der Waals surface area contributed by atoms with Gasteiger partial charge in [0.25, 0.3) is 5.91 Å². The number of nitrogens with one attached hydrogen (secondary N) is 2. The van der Waals surface area contributed by atoms with Crippen LogP contribution in [0.25, 0.3) is 11.0 Å². The summed E-state index contributed by atoms with van der Waals surface area (Å²) in [7, 11) is -2.59. The molecule has 1 atom stereocenters. The maximum absolute atomic E-state index is 11.8. The van der Waals surface area contributed by atoms with Gasteiger partial charge < -0.3 is 9.73 Å². The van der Waals surface area contributed by atoms with Crippen LogP contribution in [0, 0.1) is 4.78 Å². The van der Waals surface area contributed by atoms with Crippen molar-refractivity contribution in [3.05, 3.63) is 28.7 Å². The van der Waals surface area contributed by atoms with E-state index in [1.54, 1.807) is 6.07 Å². The SMILES string of the molecule is CS(=N)(=O)CCNC(=O)c1cc2c(Br)coc2cn1. The number of fused-ring (bicyclic) bond motifs is 1. The molecule has 2 aromatic heterocycles. The molecule has 2 N–H and O–H groups in total. The van der Waals surface area contributed by atoms with Crippen LogP contribution >= 0.6 is 15.9 Å². The lowest BCUT2D eigenvalue weighted by molar-refractivity contribution is 0.0951. The first kappa shape index (κ1) is 14.0. The van der Waals surface area contributed by atoms with E-state index in [1.165, 1.54) is 18.7 Å². The van der Waals surface area contributed by atoms with Gasteiger partial charge in [0.15, 0.2) is 5.58 Å². The fourth-order valence-corrected chi connectivity index (χ4v) is 2.37. The van der Waals surface area contributed by atoms with Gasteiger partial charge in [0, 0.05) is 33.7 Å². The number of aromatic nitrogens is 1. The molecular weight excluding hydrogens is 334 g/mol. The Kier molecular flexibility index (Phi) is 3.91. The van der Waals surface area contributed by atoms with Gasteiger partial charge in [-0.25, -0.2) is 4.98 Å². The number of rotatable bonds is 4. The molecule has 0 aliphatic heterocycles. The number of furan rings is 1. The lowest BCUT2D eigenvalue weighted by atomic mass is 10.2. The fraction of sp³-hybridized carbons (Fsp3) is 0.273. The maximum atomic E-state index is 11.8. The molecule has 2 aromatic rings. The van der Waals surface area contributed by atoms with Gasteiger partial charge in [0.2, 0.25) is 0 Å². The molecule has 2 rings (SSSR count). The molecule has 1 unspecified atom stereocenters. The molecular formula is C11H12BrN3O3S. The Labute approximate surface area is 118 Å². The Morgan fingerprint density at radius 2 is 2.37 bits per heavy atom. The van der Waals surface area contributed by atoms with Crippen LogP contribution in [0.15, 0.2) is 27.4 Å². The molecule has 1 amide bonds. The third-order valence-corrected chi connectivity index (χ3v) is 4.02. The van der Waals surface area contributed by atoms with Crippen molar-refractivity contribution in [2.75, 3.05) is 18.6 Å². The summed E-state index contributed by atoms with van der Waals surface area (Å²) in [6.45, 7) is 0.184. The summed E-state index contributed by atoms with van der Waals surface area (Å²) >= 11 is 3.31. The molecule has 0 saturated heterocycles. The Balaban J connectivity index is 2.11. The van der Waals surface area contributed by atoms with Crippen molar-refractivity contribution in [3.63, 3.8) is 0 Å². The van der Waals surface area contributed by atoms with Crippen LogP contribution in [0.1, 0.15) is 10.5 Å². The van der Waals surface area contributed by atoms with E-state index in [0.717, 1.165) is 9.86 Å². The van der Waals surface area contributed by atoms with Gasteiger partial charge in [-0.2, -0.15) is 0 Å². The van der Waals surface area contributed by atoms with E-state index in [2.05, 4.69) is 26.2 Å². The quantitative estimate of drug-likeness (QED) is 0.885. The largest absolute Gasteiger partial charge is 0.461 e. The second kappa shape index (κ2) is 5.30. The van der Waals surface area contributed by atoms with Crippen molar-refractivity contribution < 1.29 is 13.4 Å². The minimum atomic E-state index is -2.59.